The predicted octanol–water partition coefficient (Wildman–Crippen LogP) is 18.8. The second-order valence-electron chi connectivity index (χ2n) is 21.1. The molecule has 370 valence electrons. The number of benzene rings is 10. The Bertz CT molecular complexity index is 4930. The van der Waals surface area contributed by atoms with E-state index in [1.807, 2.05) is 6.08 Å². The minimum Gasteiger partial charge on any atom is -0.355 e. The average Bonchev–Trinajstić information content (AvgIpc) is 4.21. The van der Waals surface area contributed by atoms with Gasteiger partial charge in [-0.05, 0) is 155 Å². The quantitative estimate of drug-likeness (QED) is 0.170. The summed E-state index contributed by atoms with van der Waals surface area (Å²) in [6, 6.07) is 84.1. The molecular weight excluding hydrogens is 957 g/mol. The Kier molecular flexibility index (Phi) is 9.86. The molecule has 4 aromatic heterocycles. The highest BCUT2D eigenvalue weighted by molar-refractivity contribution is 6.13. The van der Waals surface area contributed by atoms with Crippen LogP contribution in [-0.4, -0.2) is 18.7 Å². The number of terminal acetylenes is 1. The first-order chi connectivity index (χ1) is 39.1. The highest BCUT2D eigenvalue weighted by Crippen LogP contribution is 2.63. The van der Waals surface area contributed by atoms with E-state index in [1.165, 1.54) is 132 Å². The van der Waals surface area contributed by atoms with Crippen LogP contribution in [0.1, 0.15) is 35.6 Å². The molecule has 4 nitrogen and oxygen atoms in total. The Morgan fingerprint density at radius 2 is 0.848 bits per heavy atom. The lowest BCUT2D eigenvalue weighted by atomic mass is 9.68. The van der Waals surface area contributed by atoms with Gasteiger partial charge in [-0.2, -0.15) is 0 Å². The number of fused-ring (bicyclic) bond motifs is 18. The van der Waals surface area contributed by atoms with Crippen molar-refractivity contribution in [2.24, 2.45) is 0 Å². The van der Waals surface area contributed by atoms with Gasteiger partial charge >= 0.3 is 0 Å². The fourth-order valence-electron chi connectivity index (χ4n) is 14.1. The van der Waals surface area contributed by atoms with Gasteiger partial charge in [0.25, 0.3) is 0 Å². The standard InChI is InChI=1S/C63H41N3.C12H9N/c1-3-4-19-44-40(2)63(55-38-42(33-35-46(44)55)65-59-29-13-7-22-50(59)51-23-8-14-30-60(51)65)54-37-41(64-57-27-11-5-20-48(57)49-21-6-12-28-58(49)64)18-17-26-45(54)47-36-34-43(39-56(47)63)66-61-31-15-9-24-52(61)53-25-10-16-32-62(53)66;1-3-7-11-9(5-1)10-6-2-4-8-12(10)13-11/h1,4-25,27-39H,26H2,2H3;1-8,13H/b19-4-;. The zero-order valence-corrected chi connectivity index (χ0v) is 43.5. The van der Waals surface area contributed by atoms with Crippen molar-refractivity contribution >= 4 is 104 Å². The predicted molar refractivity (Wildman–Crippen MR) is 333 cm³/mol. The number of H-pyrrole nitrogens is 1. The molecule has 4 heteroatoms. The van der Waals surface area contributed by atoms with Gasteiger partial charge in [-0.1, -0.05) is 170 Å². The van der Waals surface area contributed by atoms with Gasteiger partial charge < -0.3 is 18.7 Å². The van der Waals surface area contributed by atoms with E-state index in [0.29, 0.717) is 0 Å². The third-order valence-electron chi connectivity index (χ3n) is 17.3. The molecule has 3 aliphatic rings. The van der Waals surface area contributed by atoms with Crippen LogP contribution in [0.2, 0.25) is 0 Å². The zero-order valence-electron chi connectivity index (χ0n) is 43.5. The molecule has 0 amide bonds. The summed E-state index contributed by atoms with van der Waals surface area (Å²) >= 11 is 0. The van der Waals surface area contributed by atoms with Crippen LogP contribution >= 0.6 is 0 Å². The number of hydrogen-bond acceptors (Lipinski definition) is 0. The summed E-state index contributed by atoms with van der Waals surface area (Å²) in [5.41, 5.74) is 22.5. The lowest BCUT2D eigenvalue weighted by Gasteiger charge is -2.33. The molecule has 0 radical (unpaired) electrons. The van der Waals surface area contributed by atoms with E-state index >= 15 is 0 Å². The van der Waals surface area contributed by atoms with E-state index in [2.05, 4.69) is 286 Å². The summed E-state index contributed by atoms with van der Waals surface area (Å²) in [6.07, 6.45) is 18.1. The Morgan fingerprint density at radius 1 is 0.456 bits per heavy atom. The largest absolute Gasteiger partial charge is 0.355 e. The van der Waals surface area contributed by atoms with Gasteiger partial charge in [0, 0.05) is 71.2 Å². The molecule has 17 rings (SSSR count). The van der Waals surface area contributed by atoms with Crippen LogP contribution in [0.3, 0.4) is 0 Å². The maximum Gasteiger partial charge on any atom is 0.0684 e. The Hall–Kier alpha value is -10.3. The number of para-hydroxylation sites is 8. The van der Waals surface area contributed by atoms with Crippen LogP contribution in [0.15, 0.2) is 272 Å². The molecule has 0 saturated carbocycles. The van der Waals surface area contributed by atoms with E-state index in [9.17, 15) is 0 Å². The lowest BCUT2D eigenvalue weighted by Crippen LogP contribution is -2.28. The summed E-state index contributed by atoms with van der Waals surface area (Å²) < 4.78 is 7.39. The molecule has 0 fully saturated rings. The van der Waals surface area contributed by atoms with Gasteiger partial charge in [-0.3, -0.25) is 0 Å². The lowest BCUT2D eigenvalue weighted by molar-refractivity contribution is 0.757. The normalized spacial score (nSPS) is 15.8. The van der Waals surface area contributed by atoms with Crippen molar-refractivity contribution in [1.29, 1.82) is 0 Å². The zero-order chi connectivity index (χ0) is 52.3. The van der Waals surface area contributed by atoms with Crippen LogP contribution in [0.4, 0.5) is 0 Å². The van der Waals surface area contributed by atoms with Gasteiger partial charge in [-0.25, -0.2) is 0 Å². The van der Waals surface area contributed by atoms with E-state index < -0.39 is 5.41 Å². The highest BCUT2D eigenvalue weighted by atomic mass is 15.0. The molecular formula is C75H50N4. The van der Waals surface area contributed by atoms with E-state index in [1.54, 1.807) is 0 Å². The first-order valence-electron chi connectivity index (χ1n) is 27.3. The third kappa shape index (κ3) is 6.39. The first kappa shape index (κ1) is 44.9. The summed E-state index contributed by atoms with van der Waals surface area (Å²) in [4.78, 5) is 3.38. The number of rotatable bonds is 4. The van der Waals surface area contributed by atoms with Crippen molar-refractivity contribution in [3.05, 3.63) is 294 Å². The smallest absolute Gasteiger partial charge is 0.0684 e. The molecule has 0 bridgehead atoms. The third-order valence-corrected chi connectivity index (χ3v) is 17.3. The molecule has 0 aliphatic heterocycles. The number of aromatic nitrogens is 4. The maximum atomic E-state index is 6.05. The summed E-state index contributed by atoms with van der Waals surface area (Å²) in [5, 5.41) is 10.1. The fourth-order valence-corrected chi connectivity index (χ4v) is 14.1. The maximum absolute atomic E-state index is 6.05. The highest BCUT2D eigenvalue weighted by Gasteiger charge is 2.52. The Labute approximate surface area is 457 Å². The summed E-state index contributed by atoms with van der Waals surface area (Å²) in [7, 11) is 0. The average molecular weight is 1010 g/mol. The van der Waals surface area contributed by atoms with Gasteiger partial charge in [0.1, 0.15) is 0 Å². The minimum absolute atomic E-state index is 0.659. The molecule has 4 heterocycles. The number of nitrogens with one attached hydrogen (secondary N) is 1. The number of aromatic amines is 1. The summed E-state index contributed by atoms with van der Waals surface area (Å²) in [6.45, 7) is 2.36. The monoisotopic (exact) mass is 1010 g/mol. The van der Waals surface area contributed by atoms with Gasteiger partial charge in [0.15, 0.2) is 0 Å². The van der Waals surface area contributed by atoms with Crippen molar-refractivity contribution < 1.29 is 0 Å². The molecule has 3 aliphatic carbocycles. The number of nitrogens with zero attached hydrogens (tertiary/aromatic N) is 3. The van der Waals surface area contributed by atoms with Crippen molar-refractivity contribution in [2.45, 2.75) is 18.8 Å². The van der Waals surface area contributed by atoms with Crippen molar-refractivity contribution in [3.8, 4) is 23.7 Å². The Morgan fingerprint density at radius 3 is 1.30 bits per heavy atom. The first-order valence-corrected chi connectivity index (χ1v) is 27.3. The van der Waals surface area contributed by atoms with E-state index in [0.717, 1.165) is 23.5 Å². The van der Waals surface area contributed by atoms with Gasteiger partial charge in [0.2, 0.25) is 0 Å². The molecule has 1 atom stereocenters. The van der Waals surface area contributed by atoms with Crippen LogP contribution in [-0.2, 0) is 5.41 Å². The SMILES string of the molecule is C#C/C=C\C1=C(C)C2(C3=C(CC=CC(n4c5ccccc5c5ccccc54)=C3)c3ccc(-n4c5ccccc5c5ccccc54)cc32)c2cc(-n3c4ccccc4c4ccccc43)ccc21.c1ccc2c(c1)[nH]c1ccccc12. The van der Waals surface area contributed by atoms with Crippen molar-refractivity contribution in [1.82, 2.24) is 18.7 Å². The van der Waals surface area contributed by atoms with Crippen molar-refractivity contribution in [2.75, 3.05) is 0 Å². The van der Waals surface area contributed by atoms with E-state index in [-0.39, 0.29) is 0 Å². The molecule has 79 heavy (non-hydrogen) atoms. The Balaban J connectivity index is 0.000000349. The van der Waals surface area contributed by atoms with E-state index in [4.69, 9.17) is 6.42 Å². The molecule has 1 unspecified atom stereocenters. The minimum atomic E-state index is -0.659. The topological polar surface area (TPSA) is 30.6 Å². The van der Waals surface area contributed by atoms with Crippen LogP contribution in [0, 0.1) is 12.3 Å². The molecule has 14 aromatic rings. The molecule has 0 saturated heterocycles. The molecule has 1 spiro atoms. The van der Waals surface area contributed by atoms with Crippen LogP contribution < -0.4 is 0 Å². The molecule has 10 aromatic carbocycles. The van der Waals surface area contributed by atoms with Crippen LogP contribution in [0.25, 0.3) is 115 Å². The second-order valence-corrected chi connectivity index (χ2v) is 21.1. The van der Waals surface area contributed by atoms with Gasteiger partial charge in [0.05, 0.1) is 38.5 Å². The van der Waals surface area contributed by atoms with Gasteiger partial charge in [-0.15, -0.1) is 6.42 Å². The van der Waals surface area contributed by atoms with Crippen LogP contribution in [0.5, 0.6) is 0 Å². The molecule has 1 N–H and O–H groups in total. The number of allylic oxidation sites excluding steroid dienone is 10. The number of hydrogen-bond donors (Lipinski definition) is 1. The summed E-state index contributed by atoms with van der Waals surface area (Å²) in [5.74, 6) is 2.85. The fraction of sp³-hybridized carbons (Fsp3) is 0.0400. The van der Waals surface area contributed by atoms with Crippen molar-refractivity contribution in [3.63, 3.8) is 0 Å². The second kappa shape index (κ2) is 17.3.